The zero-order chi connectivity index (χ0) is 10.8. The zero-order valence-electron chi connectivity index (χ0n) is 8.53. The molecule has 0 aromatic rings. The van der Waals surface area contributed by atoms with Crippen molar-refractivity contribution in [3.05, 3.63) is 0 Å². The summed E-state index contributed by atoms with van der Waals surface area (Å²) in [6.07, 6.45) is 0.338. The maximum absolute atomic E-state index is 10.9. The average molecular weight is 205 g/mol. The maximum atomic E-state index is 10.9. The lowest BCUT2D eigenvalue weighted by Crippen LogP contribution is -2.30. The van der Waals surface area contributed by atoms with Crippen LogP contribution in [0.5, 0.6) is 0 Å². The Kier molecular flexibility index (Phi) is 8.51. The number of aliphatic hydroxyl groups excluding tert-OH is 2. The Labute approximate surface area is 84.1 Å². The Morgan fingerprint density at radius 2 is 2.29 bits per heavy atom. The first-order chi connectivity index (χ1) is 6.70. The third-order valence-corrected chi connectivity index (χ3v) is 1.63. The van der Waals surface area contributed by atoms with Gasteiger partial charge in [-0.05, 0) is 19.9 Å². The molecule has 0 fully saturated rings. The number of carbonyl (C=O) groups is 1. The number of hydrogen-bond donors (Lipinski definition) is 3. The molecule has 0 rings (SSSR count). The quantitative estimate of drug-likeness (QED) is 0.360. The third-order valence-electron chi connectivity index (χ3n) is 1.63. The van der Waals surface area contributed by atoms with Crippen molar-refractivity contribution >= 4 is 5.97 Å². The molecule has 84 valence electrons. The van der Waals surface area contributed by atoms with Gasteiger partial charge in [0.05, 0.1) is 19.3 Å². The van der Waals surface area contributed by atoms with E-state index in [0.717, 1.165) is 0 Å². The summed E-state index contributed by atoms with van der Waals surface area (Å²) >= 11 is 0. The molecule has 0 saturated heterocycles. The zero-order valence-corrected chi connectivity index (χ0v) is 8.53. The van der Waals surface area contributed by atoms with Crippen LogP contribution in [0.15, 0.2) is 0 Å². The molecule has 1 atom stereocenters. The lowest BCUT2D eigenvalue weighted by molar-refractivity contribution is -0.143. The van der Waals surface area contributed by atoms with Gasteiger partial charge >= 0.3 is 5.97 Å². The summed E-state index contributed by atoms with van der Waals surface area (Å²) in [7, 11) is 0. The highest BCUT2D eigenvalue weighted by Gasteiger charge is 2.02. The molecule has 0 aliphatic carbocycles. The van der Waals surface area contributed by atoms with Gasteiger partial charge in [0.1, 0.15) is 0 Å². The SMILES string of the molecule is CCOC(=O)CCCNC[C@H](O)CO. The maximum Gasteiger partial charge on any atom is 0.305 e. The van der Waals surface area contributed by atoms with Gasteiger partial charge in [-0.1, -0.05) is 0 Å². The largest absolute Gasteiger partial charge is 0.466 e. The van der Waals surface area contributed by atoms with Crippen LogP contribution in [-0.2, 0) is 9.53 Å². The van der Waals surface area contributed by atoms with Gasteiger partial charge in [-0.15, -0.1) is 0 Å². The lowest BCUT2D eigenvalue weighted by Gasteiger charge is -2.08. The minimum Gasteiger partial charge on any atom is -0.466 e. The first-order valence-electron chi connectivity index (χ1n) is 4.86. The fraction of sp³-hybridized carbons (Fsp3) is 0.889. The fourth-order valence-electron chi connectivity index (χ4n) is 0.924. The molecule has 0 aromatic heterocycles. The van der Waals surface area contributed by atoms with Gasteiger partial charge in [-0.2, -0.15) is 0 Å². The first-order valence-corrected chi connectivity index (χ1v) is 4.86. The Morgan fingerprint density at radius 3 is 2.86 bits per heavy atom. The van der Waals surface area contributed by atoms with Crippen LogP contribution in [0.25, 0.3) is 0 Å². The van der Waals surface area contributed by atoms with E-state index >= 15 is 0 Å². The van der Waals surface area contributed by atoms with E-state index in [4.69, 9.17) is 14.9 Å². The van der Waals surface area contributed by atoms with Gasteiger partial charge < -0.3 is 20.3 Å². The minimum atomic E-state index is -0.724. The number of rotatable bonds is 8. The Hall–Kier alpha value is -0.650. The molecular formula is C9H19NO4. The molecule has 0 unspecified atom stereocenters. The van der Waals surface area contributed by atoms with Crippen molar-refractivity contribution < 1.29 is 19.7 Å². The van der Waals surface area contributed by atoms with Gasteiger partial charge in [0, 0.05) is 13.0 Å². The lowest BCUT2D eigenvalue weighted by atomic mass is 10.3. The van der Waals surface area contributed by atoms with Crippen molar-refractivity contribution in [2.45, 2.75) is 25.9 Å². The smallest absolute Gasteiger partial charge is 0.305 e. The predicted octanol–water partition coefficient (Wildman–Crippen LogP) is -0.727. The second kappa shape index (κ2) is 8.93. The highest BCUT2D eigenvalue weighted by Crippen LogP contribution is 1.91. The molecule has 0 saturated carbocycles. The van der Waals surface area contributed by atoms with Gasteiger partial charge in [0.25, 0.3) is 0 Å². The van der Waals surface area contributed by atoms with Crippen LogP contribution in [0, 0.1) is 0 Å². The van der Waals surface area contributed by atoms with Crippen LogP contribution in [-0.4, -0.2) is 48.6 Å². The fourth-order valence-corrected chi connectivity index (χ4v) is 0.924. The van der Waals surface area contributed by atoms with Crippen molar-refractivity contribution in [1.29, 1.82) is 0 Å². The van der Waals surface area contributed by atoms with E-state index in [1.807, 2.05) is 0 Å². The molecule has 0 heterocycles. The summed E-state index contributed by atoms with van der Waals surface area (Å²) in [4.78, 5) is 10.9. The topological polar surface area (TPSA) is 78.8 Å². The van der Waals surface area contributed by atoms with Crippen LogP contribution < -0.4 is 5.32 Å². The molecule has 0 aliphatic rings. The average Bonchev–Trinajstić information content (AvgIpc) is 2.17. The van der Waals surface area contributed by atoms with Crippen molar-refractivity contribution in [3.63, 3.8) is 0 Å². The van der Waals surface area contributed by atoms with Crippen molar-refractivity contribution in [1.82, 2.24) is 5.32 Å². The number of hydrogen-bond acceptors (Lipinski definition) is 5. The van der Waals surface area contributed by atoms with Gasteiger partial charge in [0.2, 0.25) is 0 Å². The van der Waals surface area contributed by atoms with Gasteiger partial charge in [0.15, 0.2) is 0 Å². The van der Waals surface area contributed by atoms with Crippen LogP contribution in [0.2, 0.25) is 0 Å². The number of ether oxygens (including phenoxy) is 1. The standard InChI is InChI=1S/C9H19NO4/c1-2-14-9(13)4-3-5-10-6-8(12)7-11/h8,10-12H,2-7H2,1H3/t8-/m0/s1. The Bertz CT molecular complexity index is 152. The Morgan fingerprint density at radius 1 is 1.57 bits per heavy atom. The van der Waals surface area contributed by atoms with Crippen molar-refractivity contribution in [3.8, 4) is 0 Å². The second-order valence-corrected chi connectivity index (χ2v) is 2.95. The molecule has 0 amide bonds. The second-order valence-electron chi connectivity index (χ2n) is 2.95. The summed E-state index contributed by atoms with van der Waals surface area (Å²) in [5.41, 5.74) is 0. The number of nitrogens with one attached hydrogen (secondary N) is 1. The molecule has 0 aromatic carbocycles. The summed E-state index contributed by atoms with van der Waals surface area (Å²) in [5.74, 6) is -0.197. The molecule has 0 spiro atoms. The molecule has 3 N–H and O–H groups in total. The number of aliphatic hydroxyl groups is 2. The van der Waals surface area contributed by atoms with E-state index in [0.29, 0.717) is 32.5 Å². The molecule has 0 bridgehead atoms. The van der Waals surface area contributed by atoms with Gasteiger partial charge in [-0.25, -0.2) is 0 Å². The monoisotopic (exact) mass is 205 g/mol. The van der Waals surface area contributed by atoms with Crippen LogP contribution >= 0.6 is 0 Å². The van der Waals surface area contributed by atoms with Crippen molar-refractivity contribution in [2.24, 2.45) is 0 Å². The normalized spacial score (nSPS) is 12.5. The third kappa shape index (κ3) is 7.97. The van der Waals surface area contributed by atoms with Crippen LogP contribution in [0.4, 0.5) is 0 Å². The van der Waals surface area contributed by atoms with Crippen LogP contribution in [0.3, 0.4) is 0 Å². The van der Waals surface area contributed by atoms with E-state index < -0.39 is 6.10 Å². The van der Waals surface area contributed by atoms with E-state index in [1.165, 1.54) is 0 Å². The molecule has 14 heavy (non-hydrogen) atoms. The number of carbonyl (C=O) groups excluding carboxylic acids is 1. The molecule has 0 radical (unpaired) electrons. The summed E-state index contributed by atoms with van der Waals surface area (Å²) in [5, 5.41) is 20.3. The van der Waals surface area contributed by atoms with E-state index in [-0.39, 0.29) is 12.6 Å². The summed E-state index contributed by atoms with van der Waals surface area (Å²) < 4.78 is 4.73. The minimum absolute atomic E-state index is 0.197. The molecule has 5 nitrogen and oxygen atoms in total. The molecule has 0 aliphatic heterocycles. The van der Waals surface area contributed by atoms with E-state index in [1.54, 1.807) is 6.92 Å². The molecule has 5 heteroatoms. The summed E-state index contributed by atoms with van der Waals surface area (Å²) in [6, 6.07) is 0. The first kappa shape index (κ1) is 13.4. The highest BCUT2D eigenvalue weighted by molar-refractivity contribution is 5.69. The molecular weight excluding hydrogens is 186 g/mol. The Balaban J connectivity index is 3.17. The van der Waals surface area contributed by atoms with E-state index in [2.05, 4.69) is 5.32 Å². The van der Waals surface area contributed by atoms with Crippen molar-refractivity contribution in [2.75, 3.05) is 26.3 Å². The van der Waals surface area contributed by atoms with Gasteiger partial charge in [-0.3, -0.25) is 4.79 Å². The predicted molar refractivity (Wildman–Crippen MR) is 51.8 cm³/mol. The number of esters is 1. The summed E-state index contributed by atoms with van der Waals surface area (Å²) in [6.45, 7) is 2.92. The van der Waals surface area contributed by atoms with Crippen LogP contribution in [0.1, 0.15) is 19.8 Å². The highest BCUT2D eigenvalue weighted by atomic mass is 16.5. The van der Waals surface area contributed by atoms with E-state index in [9.17, 15) is 4.79 Å².